The molecule has 72 valence electrons. The van der Waals surface area contributed by atoms with Crippen LogP contribution in [-0.2, 0) is 6.42 Å². The van der Waals surface area contributed by atoms with Crippen molar-refractivity contribution >= 4 is 0 Å². The van der Waals surface area contributed by atoms with Gasteiger partial charge in [-0.2, -0.15) is 0 Å². The van der Waals surface area contributed by atoms with Gasteiger partial charge < -0.3 is 8.83 Å². The van der Waals surface area contributed by atoms with Crippen LogP contribution in [0.25, 0.3) is 0 Å². The van der Waals surface area contributed by atoms with E-state index in [1.165, 1.54) is 0 Å². The molecule has 13 heavy (non-hydrogen) atoms. The summed E-state index contributed by atoms with van der Waals surface area (Å²) in [6, 6.07) is 0. The standard InChI is InChI=1S/C10H14O3/c1-6(2)7-4-3-5-8-9(7)13-10(11)12-8/h6-7H,3-5H2,1-2H3. The van der Waals surface area contributed by atoms with Crippen LogP contribution >= 0.6 is 0 Å². The van der Waals surface area contributed by atoms with Gasteiger partial charge in [0.1, 0.15) is 5.76 Å². The van der Waals surface area contributed by atoms with Crippen molar-refractivity contribution in [2.75, 3.05) is 0 Å². The molecule has 0 saturated heterocycles. The van der Waals surface area contributed by atoms with Crippen molar-refractivity contribution in [2.45, 2.75) is 39.0 Å². The van der Waals surface area contributed by atoms with Gasteiger partial charge in [0.05, 0.1) is 0 Å². The van der Waals surface area contributed by atoms with Crippen LogP contribution in [0.2, 0.25) is 0 Å². The molecule has 1 aromatic rings. The van der Waals surface area contributed by atoms with E-state index < -0.39 is 5.82 Å². The highest BCUT2D eigenvalue weighted by atomic mass is 16.6. The first-order chi connectivity index (χ1) is 6.18. The zero-order chi connectivity index (χ0) is 9.42. The maximum Gasteiger partial charge on any atom is 0.519 e. The largest absolute Gasteiger partial charge is 0.519 e. The molecule has 0 bridgehead atoms. The average molecular weight is 182 g/mol. The van der Waals surface area contributed by atoms with Crippen molar-refractivity contribution < 1.29 is 8.83 Å². The second kappa shape index (κ2) is 3.05. The Kier molecular flexibility index (Phi) is 2.02. The minimum Gasteiger partial charge on any atom is -0.396 e. The Bertz CT molecular complexity index is 345. The maximum absolute atomic E-state index is 10.9. The predicted octanol–water partition coefficient (Wildman–Crippen LogP) is 2.31. The van der Waals surface area contributed by atoms with Gasteiger partial charge in [-0.1, -0.05) is 13.8 Å². The second-order valence-electron chi connectivity index (χ2n) is 3.98. The van der Waals surface area contributed by atoms with Crippen molar-refractivity contribution in [1.82, 2.24) is 0 Å². The zero-order valence-electron chi connectivity index (χ0n) is 8.00. The molecule has 0 aliphatic heterocycles. The molecule has 3 heteroatoms. The van der Waals surface area contributed by atoms with Crippen molar-refractivity contribution in [3.05, 3.63) is 22.1 Å². The van der Waals surface area contributed by atoms with Crippen molar-refractivity contribution in [3.8, 4) is 0 Å². The first kappa shape index (κ1) is 8.60. The van der Waals surface area contributed by atoms with Gasteiger partial charge in [-0.25, -0.2) is 4.79 Å². The van der Waals surface area contributed by atoms with E-state index in [1.54, 1.807) is 0 Å². The lowest BCUT2D eigenvalue weighted by atomic mass is 9.83. The first-order valence-corrected chi connectivity index (χ1v) is 4.81. The highest BCUT2D eigenvalue weighted by molar-refractivity contribution is 5.13. The fourth-order valence-electron chi connectivity index (χ4n) is 2.02. The van der Waals surface area contributed by atoms with Crippen LogP contribution in [-0.4, -0.2) is 0 Å². The first-order valence-electron chi connectivity index (χ1n) is 4.81. The summed E-state index contributed by atoms with van der Waals surface area (Å²) in [6.07, 6.45) is 3.05. The van der Waals surface area contributed by atoms with E-state index in [4.69, 9.17) is 8.83 Å². The molecular weight excluding hydrogens is 168 g/mol. The van der Waals surface area contributed by atoms with Gasteiger partial charge >= 0.3 is 5.82 Å². The fraction of sp³-hybridized carbons (Fsp3) is 0.700. The Morgan fingerprint density at radius 2 is 2.15 bits per heavy atom. The highest BCUT2D eigenvalue weighted by Crippen LogP contribution is 2.35. The summed E-state index contributed by atoms with van der Waals surface area (Å²) in [7, 11) is 0. The van der Waals surface area contributed by atoms with E-state index in [2.05, 4.69) is 13.8 Å². The smallest absolute Gasteiger partial charge is 0.396 e. The Morgan fingerprint density at radius 1 is 1.38 bits per heavy atom. The van der Waals surface area contributed by atoms with Crippen LogP contribution in [0, 0.1) is 5.92 Å². The van der Waals surface area contributed by atoms with Crippen LogP contribution < -0.4 is 5.82 Å². The number of hydrogen-bond acceptors (Lipinski definition) is 3. The number of fused-ring (bicyclic) bond motifs is 1. The number of aryl methyl sites for hydroxylation is 1. The Labute approximate surface area is 76.7 Å². The molecule has 1 unspecified atom stereocenters. The minimum atomic E-state index is -0.544. The van der Waals surface area contributed by atoms with E-state index in [0.29, 0.717) is 11.8 Å². The minimum absolute atomic E-state index is 0.371. The molecule has 0 radical (unpaired) electrons. The van der Waals surface area contributed by atoms with E-state index in [1.807, 2.05) is 0 Å². The van der Waals surface area contributed by atoms with Crippen LogP contribution in [0.5, 0.6) is 0 Å². The SMILES string of the molecule is CC(C)C1CCCc2oc(=O)oc21. The molecule has 0 aromatic carbocycles. The monoisotopic (exact) mass is 182 g/mol. The van der Waals surface area contributed by atoms with Gasteiger partial charge in [0, 0.05) is 12.3 Å². The molecule has 0 N–H and O–H groups in total. The van der Waals surface area contributed by atoms with Crippen LogP contribution in [0.3, 0.4) is 0 Å². The summed E-state index contributed by atoms with van der Waals surface area (Å²) >= 11 is 0. The van der Waals surface area contributed by atoms with Gasteiger partial charge in [0.25, 0.3) is 0 Å². The van der Waals surface area contributed by atoms with E-state index in [-0.39, 0.29) is 0 Å². The molecule has 1 aliphatic carbocycles. The molecular formula is C10H14O3. The summed E-state index contributed by atoms with van der Waals surface area (Å²) in [4.78, 5) is 10.9. The predicted molar refractivity (Wildman–Crippen MR) is 47.8 cm³/mol. The Balaban J connectivity index is 2.42. The molecule has 1 atom stereocenters. The van der Waals surface area contributed by atoms with Gasteiger partial charge in [-0.05, 0) is 18.8 Å². The van der Waals surface area contributed by atoms with E-state index >= 15 is 0 Å². The third kappa shape index (κ3) is 1.43. The summed E-state index contributed by atoms with van der Waals surface area (Å²) in [5.74, 6) is 1.91. The summed E-state index contributed by atoms with van der Waals surface area (Å²) < 4.78 is 10.0. The third-order valence-electron chi connectivity index (χ3n) is 2.74. The molecule has 1 heterocycles. The summed E-state index contributed by atoms with van der Waals surface area (Å²) in [5, 5.41) is 0. The third-order valence-corrected chi connectivity index (χ3v) is 2.74. The van der Waals surface area contributed by atoms with Gasteiger partial charge in [0.15, 0.2) is 5.76 Å². The van der Waals surface area contributed by atoms with Crippen LogP contribution in [0.4, 0.5) is 0 Å². The Hall–Kier alpha value is -0.990. The topological polar surface area (TPSA) is 43.4 Å². The zero-order valence-corrected chi connectivity index (χ0v) is 8.00. The van der Waals surface area contributed by atoms with Crippen molar-refractivity contribution in [1.29, 1.82) is 0 Å². The molecule has 0 amide bonds. The number of rotatable bonds is 1. The molecule has 0 spiro atoms. The fourth-order valence-corrected chi connectivity index (χ4v) is 2.02. The van der Waals surface area contributed by atoms with Gasteiger partial charge in [-0.3, -0.25) is 0 Å². The average Bonchev–Trinajstić information content (AvgIpc) is 2.43. The van der Waals surface area contributed by atoms with Crippen molar-refractivity contribution in [3.63, 3.8) is 0 Å². The second-order valence-corrected chi connectivity index (χ2v) is 3.98. The van der Waals surface area contributed by atoms with Gasteiger partial charge in [0.2, 0.25) is 0 Å². The van der Waals surface area contributed by atoms with Crippen LogP contribution in [0.1, 0.15) is 44.1 Å². The molecule has 2 rings (SSSR count). The van der Waals surface area contributed by atoms with Crippen molar-refractivity contribution in [2.24, 2.45) is 5.92 Å². The lowest BCUT2D eigenvalue weighted by Crippen LogP contribution is -2.12. The van der Waals surface area contributed by atoms with E-state index in [0.717, 1.165) is 30.8 Å². The summed E-state index contributed by atoms with van der Waals surface area (Å²) in [6.45, 7) is 4.29. The number of hydrogen-bond donors (Lipinski definition) is 0. The maximum atomic E-state index is 10.9. The quantitative estimate of drug-likeness (QED) is 0.669. The highest BCUT2D eigenvalue weighted by Gasteiger charge is 2.28. The lowest BCUT2D eigenvalue weighted by Gasteiger charge is -2.21. The van der Waals surface area contributed by atoms with Crippen LogP contribution in [0.15, 0.2) is 13.6 Å². The molecule has 0 saturated carbocycles. The summed E-state index contributed by atoms with van der Waals surface area (Å²) in [5.41, 5.74) is 0. The Morgan fingerprint density at radius 3 is 2.85 bits per heavy atom. The normalized spacial score (nSPS) is 21.9. The molecule has 0 fully saturated rings. The van der Waals surface area contributed by atoms with E-state index in [9.17, 15) is 4.79 Å². The molecule has 1 aromatic heterocycles. The van der Waals surface area contributed by atoms with Gasteiger partial charge in [-0.15, -0.1) is 0 Å². The molecule has 1 aliphatic rings. The lowest BCUT2D eigenvalue weighted by molar-refractivity contribution is 0.336. The molecule has 3 nitrogen and oxygen atoms in total.